The summed E-state index contributed by atoms with van der Waals surface area (Å²) in [5.41, 5.74) is 4.38. The molecule has 0 unspecified atom stereocenters. The van der Waals surface area contributed by atoms with Crippen LogP contribution in [0.5, 0.6) is 5.75 Å². The van der Waals surface area contributed by atoms with Gasteiger partial charge in [0, 0.05) is 5.69 Å². The smallest absolute Gasteiger partial charge is 0.234 e. The number of methoxy groups -OCH3 is 1. The van der Waals surface area contributed by atoms with E-state index in [-0.39, 0.29) is 11.7 Å². The van der Waals surface area contributed by atoms with E-state index in [0.717, 1.165) is 16.6 Å². The lowest BCUT2D eigenvalue weighted by atomic mass is 10.2. The number of furan rings is 1. The van der Waals surface area contributed by atoms with Crippen molar-refractivity contribution in [1.29, 1.82) is 0 Å². The fraction of sp³-hybridized carbons (Fsp3) is 0.200. The SMILES string of the molecule is COc1ccccc1NC(=O)CSc1ncnc2c1oc1nc(C)c(C)cc12. The number of aromatic nitrogens is 3. The van der Waals surface area contributed by atoms with Gasteiger partial charge in [-0.3, -0.25) is 4.79 Å². The summed E-state index contributed by atoms with van der Waals surface area (Å²) in [6, 6.07) is 9.28. The van der Waals surface area contributed by atoms with Crippen LogP contribution in [0.25, 0.3) is 22.2 Å². The molecule has 0 radical (unpaired) electrons. The zero-order valence-corrected chi connectivity index (χ0v) is 16.5. The van der Waals surface area contributed by atoms with Crippen molar-refractivity contribution in [2.45, 2.75) is 18.9 Å². The number of pyridine rings is 1. The van der Waals surface area contributed by atoms with E-state index in [9.17, 15) is 4.79 Å². The number of carbonyl (C=O) groups excluding carboxylic acids is 1. The molecule has 0 aliphatic heterocycles. The van der Waals surface area contributed by atoms with E-state index in [4.69, 9.17) is 9.15 Å². The van der Waals surface area contributed by atoms with E-state index in [2.05, 4.69) is 20.3 Å². The van der Waals surface area contributed by atoms with Gasteiger partial charge in [-0.05, 0) is 37.6 Å². The number of aryl methyl sites for hydroxylation is 2. The highest BCUT2D eigenvalue weighted by Gasteiger charge is 2.17. The third-order valence-corrected chi connectivity index (χ3v) is 5.35. The van der Waals surface area contributed by atoms with Crippen molar-refractivity contribution in [2.24, 2.45) is 0 Å². The average Bonchev–Trinajstić information content (AvgIpc) is 3.05. The Morgan fingerprint density at radius 2 is 2.07 bits per heavy atom. The third-order valence-electron chi connectivity index (χ3n) is 4.38. The van der Waals surface area contributed by atoms with Gasteiger partial charge in [-0.1, -0.05) is 23.9 Å². The van der Waals surface area contributed by atoms with Crippen LogP contribution >= 0.6 is 11.8 Å². The third kappa shape index (κ3) is 3.38. The van der Waals surface area contributed by atoms with Crippen LogP contribution in [0.2, 0.25) is 0 Å². The molecule has 0 atom stereocenters. The molecule has 4 rings (SSSR count). The second-order valence-electron chi connectivity index (χ2n) is 6.24. The summed E-state index contributed by atoms with van der Waals surface area (Å²) in [6.07, 6.45) is 1.48. The Morgan fingerprint density at radius 3 is 2.89 bits per heavy atom. The first-order valence-corrected chi connectivity index (χ1v) is 9.62. The number of ether oxygens (including phenoxy) is 1. The zero-order valence-electron chi connectivity index (χ0n) is 15.6. The number of para-hydroxylation sites is 2. The van der Waals surface area contributed by atoms with E-state index >= 15 is 0 Å². The summed E-state index contributed by atoms with van der Waals surface area (Å²) in [7, 11) is 1.57. The molecule has 3 heterocycles. The molecule has 0 saturated carbocycles. The molecule has 142 valence electrons. The van der Waals surface area contributed by atoms with E-state index < -0.39 is 0 Å². The van der Waals surface area contributed by atoms with Gasteiger partial charge < -0.3 is 14.5 Å². The quantitative estimate of drug-likeness (QED) is 0.402. The predicted molar refractivity (Wildman–Crippen MR) is 109 cm³/mol. The lowest BCUT2D eigenvalue weighted by Gasteiger charge is -2.09. The van der Waals surface area contributed by atoms with Crippen LogP contribution in [0.3, 0.4) is 0 Å². The van der Waals surface area contributed by atoms with Crippen molar-refractivity contribution < 1.29 is 13.9 Å². The molecule has 0 saturated heterocycles. The average molecular weight is 394 g/mol. The van der Waals surface area contributed by atoms with Crippen LogP contribution in [-0.2, 0) is 4.79 Å². The topological polar surface area (TPSA) is 90.1 Å². The molecule has 4 aromatic rings. The second kappa shape index (κ2) is 7.47. The lowest BCUT2D eigenvalue weighted by Crippen LogP contribution is -2.14. The number of nitrogens with one attached hydrogen (secondary N) is 1. The first-order chi connectivity index (χ1) is 13.6. The van der Waals surface area contributed by atoms with Gasteiger partial charge in [-0.2, -0.15) is 0 Å². The molecule has 0 spiro atoms. The molecular formula is C20H18N4O3S. The van der Waals surface area contributed by atoms with Crippen LogP contribution < -0.4 is 10.1 Å². The molecule has 0 aliphatic rings. The van der Waals surface area contributed by atoms with Crippen molar-refractivity contribution in [3.05, 3.63) is 47.9 Å². The first kappa shape index (κ1) is 18.2. The Kier molecular flexibility index (Phi) is 4.87. The van der Waals surface area contributed by atoms with Crippen LogP contribution in [-0.4, -0.2) is 33.7 Å². The van der Waals surface area contributed by atoms with Crippen LogP contribution in [0.15, 0.2) is 46.1 Å². The van der Waals surface area contributed by atoms with Crippen molar-refractivity contribution >= 4 is 45.6 Å². The Hall–Kier alpha value is -3.13. The zero-order chi connectivity index (χ0) is 19.7. The fourth-order valence-corrected chi connectivity index (χ4v) is 3.57. The monoisotopic (exact) mass is 394 g/mol. The van der Waals surface area contributed by atoms with Crippen LogP contribution in [0.4, 0.5) is 5.69 Å². The molecule has 7 nitrogen and oxygen atoms in total. The number of benzene rings is 1. The molecular weight excluding hydrogens is 376 g/mol. The minimum atomic E-state index is -0.165. The molecule has 1 N–H and O–H groups in total. The Balaban J connectivity index is 1.57. The lowest BCUT2D eigenvalue weighted by molar-refractivity contribution is -0.113. The van der Waals surface area contributed by atoms with Crippen molar-refractivity contribution in [2.75, 3.05) is 18.2 Å². The van der Waals surface area contributed by atoms with Gasteiger partial charge in [-0.15, -0.1) is 0 Å². The van der Waals surface area contributed by atoms with Gasteiger partial charge >= 0.3 is 0 Å². The van der Waals surface area contributed by atoms with Crippen molar-refractivity contribution in [3.8, 4) is 5.75 Å². The van der Waals surface area contributed by atoms with Gasteiger partial charge in [-0.25, -0.2) is 15.0 Å². The first-order valence-electron chi connectivity index (χ1n) is 8.64. The number of hydrogen-bond donors (Lipinski definition) is 1. The number of hydrogen-bond acceptors (Lipinski definition) is 7. The summed E-state index contributed by atoms with van der Waals surface area (Å²) in [6.45, 7) is 3.94. The molecule has 0 aliphatic carbocycles. The van der Waals surface area contributed by atoms with Gasteiger partial charge in [0.05, 0.1) is 23.9 Å². The number of rotatable bonds is 5. The standard InChI is InChI=1S/C20H18N4O3S/c1-11-8-13-17-18(27-19(13)23-12(11)2)20(22-10-21-17)28-9-16(25)24-14-6-4-5-7-15(14)26-3/h4-8,10H,9H2,1-3H3,(H,24,25). The molecule has 0 bridgehead atoms. The number of thioether (sulfide) groups is 1. The molecule has 28 heavy (non-hydrogen) atoms. The highest BCUT2D eigenvalue weighted by atomic mass is 32.2. The maximum atomic E-state index is 12.4. The molecule has 3 aromatic heterocycles. The molecule has 1 aromatic carbocycles. The summed E-state index contributed by atoms with van der Waals surface area (Å²) in [5, 5.41) is 4.30. The molecule has 0 fully saturated rings. The number of nitrogens with zero attached hydrogens (tertiary/aromatic N) is 3. The van der Waals surface area contributed by atoms with E-state index in [1.807, 2.05) is 32.0 Å². The molecule has 8 heteroatoms. The van der Waals surface area contributed by atoms with Crippen molar-refractivity contribution in [3.63, 3.8) is 0 Å². The summed E-state index contributed by atoms with van der Waals surface area (Å²) < 4.78 is 11.2. The number of fused-ring (bicyclic) bond motifs is 3. The number of anilines is 1. The number of carbonyl (C=O) groups is 1. The van der Waals surface area contributed by atoms with E-state index in [1.165, 1.54) is 18.1 Å². The van der Waals surface area contributed by atoms with E-state index in [1.54, 1.807) is 19.2 Å². The maximum Gasteiger partial charge on any atom is 0.234 e. The summed E-state index contributed by atoms with van der Waals surface area (Å²) in [5.74, 6) is 0.619. The highest BCUT2D eigenvalue weighted by molar-refractivity contribution is 8.00. The largest absolute Gasteiger partial charge is 0.495 e. The normalized spacial score (nSPS) is 11.1. The fourth-order valence-electron chi connectivity index (χ4n) is 2.84. The van der Waals surface area contributed by atoms with Gasteiger partial charge in [0.15, 0.2) is 5.58 Å². The molecule has 1 amide bonds. The number of amides is 1. The predicted octanol–water partition coefficient (Wildman–Crippen LogP) is 4.13. The highest BCUT2D eigenvalue weighted by Crippen LogP contribution is 2.33. The van der Waals surface area contributed by atoms with Crippen LogP contribution in [0.1, 0.15) is 11.3 Å². The second-order valence-corrected chi connectivity index (χ2v) is 7.20. The van der Waals surface area contributed by atoms with Gasteiger partial charge in [0.25, 0.3) is 0 Å². The van der Waals surface area contributed by atoms with Crippen molar-refractivity contribution in [1.82, 2.24) is 15.0 Å². The minimum absolute atomic E-state index is 0.165. The maximum absolute atomic E-state index is 12.4. The van der Waals surface area contributed by atoms with E-state index in [0.29, 0.717) is 33.3 Å². The van der Waals surface area contributed by atoms with Gasteiger partial charge in [0.2, 0.25) is 11.6 Å². The minimum Gasteiger partial charge on any atom is -0.495 e. The Bertz CT molecular complexity index is 1190. The summed E-state index contributed by atoms with van der Waals surface area (Å²) >= 11 is 1.29. The van der Waals surface area contributed by atoms with Crippen LogP contribution in [0, 0.1) is 13.8 Å². The Labute approximate surface area is 165 Å². The Morgan fingerprint density at radius 1 is 1.25 bits per heavy atom. The van der Waals surface area contributed by atoms with Gasteiger partial charge in [0.1, 0.15) is 22.6 Å². The summed E-state index contributed by atoms with van der Waals surface area (Å²) in [4.78, 5) is 25.5.